The van der Waals surface area contributed by atoms with Crippen molar-refractivity contribution in [3.05, 3.63) is 34.1 Å². The highest BCUT2D eigenvalue weighted by Crippen LogP contribution is 2.43. The van der Waals surface area contributed by atoms with E-state index in [1.165, 1.54) is 5.57 Å². The lowest BCUT2D eigenvalue weighted by atomic mass is 9.77. The second kappa shape index (κ2) is 10.2. The van der Waals surface area contributed by atoms with Gasteiger partial charge in [0.1, 0.15) is 0 Å². The van der Waals surface area contributed by atoms with Crippen LogP contribution in [0.1, 0.15) is 78.1 Å². The van der Waals surface area contributed by atoms with E-state index in [0.717, 1.165) is 74.7 Å². The van der Waals surface area contributed by atoms with E-state index >= 15 is 4.39 Å². The van der Waals surface area contributed by atoms with Gasteiger partial charge in [-0.05, 0) is 88.0 Å². The summed E-state index contributed by atoms with van der Waals surface area (Å²) in [4.78, 5) is 4.83. The van der Waals surface area contributed by atoms with Crippen molar-refractivity contribution in [1.82, 2.24) is 0 Å². The smallest absolute Gasteiger partial charge is 0.151 e. The van der Waals surface area contributed by atoms with Crippen LogP contribution in [0.15, 0.2) is 39.1 Å². The van der Waals surface area contributed by atoms with Crippen molar-refractivity contribution in [2.45, 2.75) is 108 Å². The molecule has 2 N–H and O–H groups in total. The van der Waals surface area contributed by atoms with Gasteiger partial charge in [-0.3, -0.25) is 4.99 Å². The van der Waals surface area contributed by atoms with Crippen LogP contribution in [0.25, 0.3) is 0 Å². The van der Waals surface area contributed by atoms with Crippen molar-refractivity contribution in [3.63, 3.8) is 0 Å². The monoisotopic (exact) mass is 454 g/mol. The zero-order valence-electron chi connectivity index (χ0n) is 20.4. The van der Waals surface area contributed by atoms with Gasteiger partial charge in [-0.1, -0.05) is 11.5 Å². The van der Waals surface area contributed by atoms with Crippen LogP contribution in [0.4, 0.5) is 4.39 Å². The Bertz CT molecular complexity index is 905. The van der Waals surface area contributed by atoms with E-state index in [1.54, 1.807) is 7.11 Å². The molecule has 0 aromatic carbocycles. The van der Waals surface area contributed by atoms with Gasteiger partial charge in [-0.2, -0.15) is 0 Å². The fourth-order valence-electron chi connectivity index (χ4n) is 5.64. The molecule has 0 amide bonds. The molecule has 0 saturated heterocycles. The second-order valence-corrected chi connectivity index (χ2v) is 10.5. The summed E-state index contributed by atoms with van der Waals surface area (Å²) < 4.78 is 27.8. The minimum absolute atomic E-state index is 0.0430. The molecule has 5 atom stereocenters. The van der Waals surface area contributed by atoms with Gasteiger partial charge >= 0.3 is 0 Å². The second-order valence-electron chi connectivity index (χ2n) is 10.5. The lowest BCUT2D eigenvalue weighted by Gasteiger charge is -2.41. The van der Waals surface area contributed by atoms with E-state index in [9.17, 15) is 0 Å². The number of allylic oxidation sites excluding steroid dienone is 4. The summed E-state index contributed by atoms with van der Waals surface area (Å²) in [5.74, 6) is 3.91. The first-order valence-electron chi connectivity index (χ1n) is 12.5. The van der Waals surface area contributed by atoms with E-state index in [2.05, 4.69) is 5.92 Å². The molecule has 0 aromatic rings. The van der Waals surface area contributed by atoms with Crippen molar-refractivity contribution in [1.29, 1.82) is 0 Å². The van der Waals surface area contributed by atoms with Gasteiger partial charge in [-0.15, -0.1) is 6.42 Å². The molecule has 1 fully saturated rings. The highest BCUT2D eigenvalue weighted by Gasteiger charge is 2.42. The molecular weight excluding hydrogens is 415 g/mol. The zero-order chi connectivity index (χ0) is 23.6. The number of hydrogen-bond donors (Lipinski definition) is 1. The molecule has 0 bridgehead atoms. The van der Waals surface area contributed by atoms with Crippen molar-refractivity contribution >= 4 is 6.21 Å². The van der Waals surface area contributed by atoms with Crippen LogP contribution >= 0.6 is 0 Å². The van der Waals surface area contributed by atoms with Crippen LogP contribution in [-0.4, -0.2) is 43.3 Å². The lowest BCUT2D eigenvalue weighted by Crippen LogP contribution is -2.44. The number of alkyl halides is 1. The summed E-state index contributed by atoms with van der Waals surface area (Å²) in [6, 6.07) is 0.187. The normalized spacial score (nSPS) is 33.6. The van der Waals surface area contributed by atoms with Gasteiger partial charge in [0.05, 0.1) is 31.1 Å². The SMILES string of the molecule is C#C/C(C)=C\C1=C(C)CC[C@H](O[C@H]2CC=N[C@H]3CC(CCCC4(N)CC4)=C(OC)C[C@H]32)C1F. The minimum atomic E-state index is -1.15. The fraction of sp³-hybridized carbons (Fsp3) is 0.679. The fourth-order valence-corrected chi connectivity index (χ4v) is 5.64. The highest BCUT2D eigenvalue weighted by molar-refractivity contribution is 5.60. The van der Waals surface area contributed by atoms with Crippen molar-refractivity contribution in [3.8, 4) is 12.3 Å². The van der Waals surface area contributed by atoms with Crippen LogP contribution in [0.5, 0.6) is 0 Å². The highest BCUT2D eigenvalue weighted by atomic mass is 19.1. The molecule has 0 radical (unpaired) electrons. The third-order valence-corrected chi connectivity index (χ3v) is 8.04. The van der Waals surface area contributed by atoms with Crippen LogP contribution in [0.2, 0.25) is 0 Å². The third kappa shape index (κ3) is 5.61. The number of halogens is 1. The van der Waals surface area contributed by atoms with E-state index < -0.39 is 12.3 Å². The number of methoxy groups -OCH3 is 1. The first-order chi connectivity index (χ1) is 15.8. The molecule has 1 heterocycles. The Morgan fingerprint density at radius 1 is 1.36 bits per heavy atom. The Morgan fingerprint density at radius 3 is 2.85 bits per heavy atom. The maximum Gasteiger partial charge on any atom is 0.151 e. The van der Waals surface area contributed by atoms with Crippen molar-refractivity contribution < 1.29 is 13.9 Å². The molecule has 0 spiro atoms. The van der Waals surface area contributed by atoms with E-state index in [0.29, 0.717) is 12.0 Å². The summed E-state index contributed by atoms with van der Waals surface area (Å²) in [5, 5.41) is 0. The minimum Gasteiger partial charge on any atom is -0.501 e. The average Bonchev–Trinajstić information content (AvgIpc) is 3.54. The van der Waals surface area contributed by atoms with Crippen molar-refractivity contribution in [2.75, 3.05) is 7.11 Å². The average molecular weight is 455 g/mol. The third-order valence-electron chi connectivity index (χ3n) is 8.04. The Kier molecular flexibility index (Phi) is 7.46. The van der Waals surface area contributed by atoms with E-state index in [4.69, 9.17) is 26.6 Å². The molecule has 3 aliphatic carbocycles. The molecule has 180 valence electrons. The van der Waals surface area contributed by atoms with Crippen LogP contribution in [0.3, 0.4) is 0 Å². The Hall–Kier alpha value is -1.90. The Labute approximate surface area is 198 Å². The number of fused-ring (bicyclic) bond motifs is 1. The molecule has 4 aliphatic rings. The zero-order valence-corrected chi connectivity index (χ0v) is 20.4. The summed E-state index contributed by atoms with van der Waals surface area (Å²) in [6.45, 7) is 3.84. The number of terminal acetylenes is 1. The number of nitrogens with two attached hydrogens (primary N) is 1. The van der Waals surface area contributed by atoms with E-state index in [-0.39, 0.29) is 23.6 Å². The summed E-state index contributed by atoms with van der Waals surface area (Å²) in [7, 11) is 1.77. The quantitative estimate of drug-likeness (QED) is 0.487. The number of nitrogens with zero attached hydrogens (tertiary/aromatic N) is 1. The summed E-state index contributed by atoms with van der Waals surface area (Å²) in [5.41, 5.74) is 10.2. The van der Waals surface area contributed by atoms with Gasteiger partial charge in [0.25, 0.3) is 0 Å². The molecule has 4 nitrogen and oxygen atoms in total. The van der Waals surface area contributed by atoms with Crippen LogP contribution < -0.4 is 5.73 Å². The lowest BCUT2D eigenvalue weighted by molar-refractivity contribution is -0.0796. The van der Waals surface area contributed by atoms with Gasteiger partial charge < -0.3 is 15.2 Å². The molecule has 0 aromatic heterocycles. The maximum absolute atomic E-state index is 15.5. The van der Waals surface area contributed by atoms with E-state index in [1.807, 2.05) is 26.1 Å². The predicted molar refractivity (Wildman–Crippen MR) is 132 cm³/mol. The number of aliphatic imine (C=N–C) groups is 1. The van der Waals surface area contributed by atoms with Gasteiger partial charge in [-0.25, -0.2) is 4.39 Å². The Balaban J connectivity index is 1.43. The standard InChI is InChI=1S/C28H39FN2O2/c1-5-18(2)15-21-19(3)8-9-25(27(21)29)33-24-10-14-31-23-16-20(26(32-4)17-22(23)24)7-6-11-28(30)12-13-28/h1,14-15,22-25,27H,6-13,16-17,30H2,2-4H3/b18-15-/t22-,23+,24+,25+,27?/m1/s1. The molecule has 33 heavy (non-hydrogen) atoms. The number of rotatable bonds is 8. The molecule has 1 aliphatic heterocycles. The molecule has 1 unspecified atom stereocenters. The van der Waals surface area contributed by atoms with Gasteiger partial charge in [0.15, 0.2) is 6.17 Å². The molecule has 4 rings (SSSR count). The van der Waals surface area contributed by atoms with Gasteiger partial charge in [0, 0.05) is 30.5 Å². The first-order valence-corrected chi connectivity index (χ1v) is 12.5. The van der Waals surface area contributed by atoms with Gasteiger partial charge in [0.2, 0.25) is 0 Å². The first kappa shape index (κ1) is 24.2. The van der Waals surface area contributed by atoms with Crippen LogP contribution in [-0.2, 0) is 9.47 Å². The molecular formula is C28H39FN2O2. The summed E-state index contributed by atoms with van der Waals surface area (Å²) in [6.07, 6.45) is 17.1. The number of ether oxygens (including phenoxy) is 2. The molecule has 5 heteroatoms. The summed E-state index contributed by atoms with van der Waals surface area (Å²) >= 11 is 0. The van der Waals surface area contributed by atoms with Crippen LogP contribution in [0, 0.1) is 18.3 Å². The Morgan fingerprint density at radius 2 is 2.15 bits per heavy atom. The van der Waals surface area contributed by atoms with Crippen molar-refractivity contribution in [2.24, 2.45) is 16.6 Å². The topological polar surface area (TPSA) is 56.8 Å². The number of hydrogen-bond acceptors (Lipinski definition) is 4. The maximum atomic E-state index is 15.5. The largest absolute Gasteiger partial charge is 0.501 e. The molecule has 1 saturated carbocycles. The predicted octanol–water partition coefficient (Wildman–Crippen LogP) is 5.58.